The van der Waals surface area contributed by atoms with Crippen molar-refractivity contribution in [3.05, 3.63) is 29.6 Å². The third-order valence-corrected chi connectivity index (χ3v) is 2.94. The number of rotatable bonds is 5. The molecule has 0 unspecified atom stereocenters. The van der Waals surface area contributed by atoms with Crippen LogP contribution in [0.15, 0.2) is 18.3 Å². The van der Waals surface area contributed by atoms with E-state index >= 15 is 0 Å². The van der Waals surface area contributed by atoms with Crippen LogP contribution in [0.2, 0.25) is 0 Å². The lowest BCUT2D eigenvalue weighted by atomic mass is 10.1. The molecule has 0 aliphatic carbocycles. The first kappa shape index (κ1) is 12.7. The molecular weight excluding hydrogens is 198 g/mol. The summed E-state index contributed by atoms with van der Waals surface area (Å²) >= 11 is 0. The molecule has 0 N–H and O–H groups in total. The highest BCUT2D eigenvalue weighted by Crippen LogP contribution is 2.11. The lowest BCUT2D eigenvalue weighted by Gasteiger charge is -2.25. The minimum Gasteiger partial charge on any atom is -0.299 e. The van der Waals surface area contributed by atoms with E-state index in [1.165, 1.54) is 0 Å². The van der Waals surface area contributed by atoms with Crippen molar-refractivity contribution in [2.45, 2.75) is 39.3 Å². The first-order valence-electron chi connectivity index (χ1n) is 5.76. The number of nitriles is 1. The lowest BCUT2D eigenvalue weighted by molar-refractivity contribution is 0.221. The SMILES string of the molecule is CCC(CC)N(C)Cc1ccnc(C#N)c1. The fourth-order valence-corrected chi connectivity index (χ4v) is 1.96. The van der Waals surface area contributed by atoms with E-state index in [-0.39, 0.29) is 0 Å². The van der Waals surface area contributed by atoms with Gasteiger partial charge in [-0.05, 0) is 37.6 Å². The van der Waals surface area contributed by atoms with Crippen molar-refractivity contribution in [2.24, 2.45) is 0 Å². The van der Waals surface area contributed by atoms with Gasteiger partial charge in [-0.25, -0.2) is 4.98 Å². The van der Waals surface area contributed by atoms with Gasteiger partial charge in [0.2, 0.25) is 0 Å². The van der Waals surface area contributed by atoms with Crippen LogP contribution in [-0.2, 0) is 6.54 Å². The Bertz CT molecular complexity index is 364. The number of hydrogen-bond acceptors (Lipinski definition) is 3. The molecular formula is C13H19N3. The molecule has 3 nitrogen and oxygen atoms in total. The molecule has 0 spiro atoms. The van der Waals surface area contributed by atoms with E-state index in [1.807, 2.05) is 12.1 Å². The third kappa shape index (κ3) is 3.32. The number of nitrogens with zero attached hydrogens (tertiary/aromatic N) is 3. The van der Waals surface area contributed by atoms with E-state index in [9.17, 15) is 0 Å². The van der Waals surface area contributed by atoms with E-state index in [0.717, 1.165) is 24.9 Å². The van der Waals surface area contributed by atoms with Crippen LogP contribution in [0.5, 0.6) is 0 Å². The van der Waals surface area contributed by atoms with Crippen molar-refractivity contribution >= 4 is 0 Å². The first-order chi connectivity index (χ1) is 7.71. The lowest BCUT2D eigenvalue weighted by Crippen LogP contribution is -2.29. The van der Waals surface area contributed by atoms with Crippen molar-refractivity contribution in [1.82, 2.24) is 9.88 Å². The van der Waals surface area contributed by atoms with Gasteiger partial charge in [0.05, 0.1) is 0 Å². The van der Waals surface area contributed by atoms with Gasteiger partial charge in [0.25, 0.3) is 0 Å². The molecule has 86 valence electrons. The topological polar surface area (TPSA) is 39.9 Å². The molecule has 0 saturated heterocycles. The van der Waals surface area contributed by atoms with Crippen LogP contribution in [0.3, 0.4) is 0 Å². The van der Waals surface area contributed by atoms with Crippen molar-refractivity contribution in [2.75, 3.05) is 7.05 Å². The minimum absolute atomic E-state index is 0.496. The Kier molecular flexibility index (Phi) is 4.94. The maximum absolute atomic E-state index is 8.77. The molecule has 0 aliphatic rings. The van der Waals surface area contributed by atoms with Crippen molar-refractivity contribution in [3.8, 4) is 6.07 Å². The fraction of sp³-hybridized carbons (Fsp3) is 0.538. The van der Waals surface area contributed by atoms with Gasteiger partial charge in [-0.3, -0.25) is 4.90 Å². The highest BCUT2D eigenvalue weighted by atomic mass is 15.1. The molecule has 0 aliphatic heterocycles. The number of pyridine rings is 1. The Morgan fingerprint density at radius 3 is 2.69 bits per heavy atom. The van der Waals surface area contributed by atoms with Gasteiger partial charge in [-0.2, -0.15) is 5.26 Å². The van der Waals surface area contributed by atoms with Crippen molar-refractivity contribution in [1.29, 1.82) is 5.26 Å². The van der Waals surface area contributed by atoms with Crippen LogP contribution in [-0.4, -0.2) is 23.0 Å². The Labute approximate surface area is 97.7 Å². The predicted molar refractivity (Wildman–Crippen MR) is 64.8 cm³/mol. The summed E-state index contributed by atoms with van der Waals surface area (Å²) in [5, 5.41) is 8.77. The summed E-state index contributed by atoms with van der Waals surface area (Å²) in [4.78, 5) is 6.30. The van der Waals surface area contributed by atoms with Gasteiger partial charge in [-0.1, -0.05) is 13.8 Å². The number of hydrogen-bond donors (Lipinski definition) is 0. The molecule has 0 fully saturated rings. The average Bonchev–Trinajstić information content (AvgIpc) is 2.31. The molecule has 16 heavy (non-hydrogen) atoms. The zero-order valence-corrected chi connectivity index (χ0v) is 10.3. The number of aromatic nitrogens is 1. The average molecular weight is 217 g/mol. The third-order valence-electron chi connectivity index (χ3n) is 2.94. The standard InChI is InChI=1S/C13H19N3/c1-4-13(5-2)16(3)10-11-6-7-15-12(8-11)9-14/h6-8,13H,4-5,10H2,1-3H3. The maximum Gasteiger partial charge on any atom is 0.140 e. The first-order valence-corrected chi connectivity index (χ1v) is 5.76. The summed E-state index contributed by atoms with van der Waals surface area (Å²) in [7, 11) is 2.13. The van der Waals surface area contributed by atoms with Gasteiger partial charge in [0.15, 0.2) is 0 Å². The quantitative estimate of drug-likeness (QED) is 0.761. The molecule has 0 saturated carbocycles. The summed E-state index contributed by atoms with van der Waals surface area (Å²) in [5.41, 5.74) is 1.65. The maximum atomic E-state index is 8.77. The van der Waals surface area contributed by atoms with E-state index in [1.54, 1.807) is 6.20 Å². The molecule has 1 aromatic heterocycles. The van der Waals surface area contributed by atoms with Crippen LogP contribution in [0, 0.1) is 11.3 Å². The molecule has 0 bridgehead atoms. The second-order valence-electron chi connectivity index (χ2n) is 4.05. The van der Waals surface area contributed by atoms with Gasteiger partial charge < -0.3 is 0 Å². The zero-order valence-electron chi connectivity index (χ0n) is 10.3. The van der Waals surface area contributed by atoms with Crippen molar-refractivity contribution in [3.63, 3.8) is 0 Å². The van der Waals surface area contributed by atoms with Gasteiger partial charge in [-0.15, -0.1) is 0 Å². The fourth-order valence-electron chi connectivity index (χ4n) is 1.96. The van der Waals surface area contributed by atoms with E-state index in [2.05, 4.69) is 36.8 Å². The van der Waals surface area contributed by atoms with Crippen LogP contribution < -0.4 is 0 Å². The van der Waals surface area contributed by atoms with E-state index < -0.39 is 0 Å². The highest BCUT2D eigenvalue weighted by Gasteiger charge is 2.10. The predicted octanol–water partition coefficient (Wildman–Crippen LogP) is 2.57. The summed E-state index contributed by atoms with van der Waals surface area (Å²) < 4.78 is 0. The highest BCUT2D eigenvalue weighted by molar-refractivity contribution is 5.25. The van der Waals surface area contributed by atoms with Crippen LogP contribution >= 0.6 is 0 Å². The Balaban J connectivity index is 2.69. The molecule has 1 heterocycles. The van der Waals surface area contributed by atoms with Crippen LogP contribution in [0.1, 0.15) is 37.9 Å². The molecule has 3 heteroatoms. The summed E-state index contributed by atoms with van der Waals surface area (Å²) in [6.45, 7) is 5.29. The molecule has 0 amide bonds. The monoisotopic (exact) mass is 217 g/mol. The van der Waals surface area contributed by atoms with Crippen LogP contribution in [0.25, 0.3) is 0 Å². The van der Waals surface area contributed by atoms with E-state index in [0.29, 0.717) is 11.7 Å². The van der Waals surface area contributed by atoms with Gasteiger partial charge in [0.1, 0.15) is 11.8 Å². The van der Waals surface area contributed by atoms with Gasteiger partial charge in [0, 0.05) is 18.8 Å². The molecule has 1 aromatic rings. The Hall–Kier alpha value is -1.40. The van der Waals surface area contributed by atoms with Gasteiger partial charge >= 0.3 is 0 Å². The summed E-state index contributed by atoms with van der Waals surface area (Å²) in [6, 6.07) is 6.51. The summed E-state index contributed by atoms with van der Waals surface area (Å²) in [5.74, 6) is 0. The van der Waals surface area contributed by atoms with E-state index in [4.69, 9.17) is 5.26 Å². The Morgan fingerprint density at radius 1 is 1.44 bits per heavy atom. The summed E-state index contributed by atoms with van der Waals surface area (Å²) in [6.07, 6.45) is 4.01. The minimum atomic E-state index is 0.496. The molecule has 0 atom stereocenters. The largest absolute Gasteiger partial charge is 0.299 e. The normalized spacial score (nSPS) is 10.8. The zero-order chi connectivity index (χ0) is 12.0. The molecule has 0 aromatic carbocycles. The van der Waals surface area contributed by atoms with Crippen LogP contribution in [0.4, 0.5) is 0 Å². The molecule has 1 rings (SSSR count). The van der Waals surface area contributed by atoms with Crippen molar-refractivity contribution < 1.29 is 0 Å². The second-order valence-corrected chi connectivity index (χ2v) is 4.05. The smallest absolute Gasteiger partial charge is 0.140 e. The molecule has 0 radical (unpaired) electrons. The second kappa shape index (κ2) is 6.24. The Morgan fingerprint density at radius 2 is 2.12 bits per heavy atom.